The predicted octanol–water partition coefficient (Wildman–Crippen LogP) is 4.75. The second kappa shape index (κ2) is 8.41. The molecule has 5 nitrogen and oxygen atoms in total. The lowest BCUT2D eigenvalue weighted by molar-refractivity contribution is -0.113. The molecule has 0 saturated heterocycles. The number of thioether (sulfide) groups is 1. The Kier molecular flexibility index (Phi) is 6.18. The summed E-state index contributed by atoms with van der Waals surface area (Å²) in [4.78, 5) is 31.6. The van der Waals surface area contributed by atoms with Crippen LogP contribution in [0, 0.1) is 13.8 Å². The van der Waals surface area contributed by atoms with Crippen molar-refractivity contribution in [2.24, 2.45) is 0 Å². The molecule has 0 aliphatic rings. The lowest BCUT2D eigenvalue weighted by atomic mass is 10.2. The summed E-state index contributed by atoms with van der Waals surface area (Å²) in [5.74, 6) is 0.00133. The normalized spacial score (nSPS) is 10.9. The van der Waals surface area contributed by atoms with Gasteiger partial charge in [0.2, 0.25) is 5.91 Å². The number of allylic oxidation sites excluding steroid dienone is 1. The van der Waals surface area contributed by atoms with Crippen molar-refractivity contribution in [3.05, 3.63) is 62.2 Å². The first-order valence-corrected chi connectivity index (χ1v) is 10.8. The second-order valence-electron chi connectivity index (χ2n) is 5.91. The van der Waals surface area contributed by atoms with Crippen molar-refractivity contribution in [3.8, 4) is 0 Å². The third-order valence-corrected chi connectivity index (χ3v) is 6.58. The number of halogens is 1. The number of hydrogen-bond donors (Lipinski definition) is 1. The predicted molar refractivity (Wildman–Crippen MR) is 117 cm³/mol. The summed E-state index contributed by atoms with van der Waals surface area (Å²) in [7, 11) is 0. The Labute approximate surface area is 173 Å². The highest BCUT2D eigenvalue weighted by Crippen LogP contribution is 2.28. The summed E-state index contributed by atoms with van der Waals surface area (Å²) < 4.78 is 2.47. The summed E-state index contributed by atoms with van der Waals surface area (Å²) in [6, 6.07) is 7.40. The summed E-state index contributed by atoms with van der Waals surface area (Å²) >= 11 is 6.13. The Bertz CT molecular complexity index is 1090. The molecule has 0 saturated carbocycles. The summed E-state index contributed by atoms with van der Waals surface area (Å²) in [6.45, 7) is 8.00. The Hall–Kier alpha value is -1.90. The zero-order valence-electron chi connectivity index (χ0n) is 14.9. The van der Waals surface area contributed by atoms with Gasteiger partial charge in [-0.15, -0.1) is 17.9 Å². The molecule has 1 N–H and O–H groups in total. The third kappa shape index (κ3) is 4.34. The maximum atomic E-state index is 12.9. The van der Waals surface area contributed by atoms with Crippen molar-refractivity contribution in [3.63, 3.8) is 0 Å². The molecule has 2 heterocycles. The first kappa shape index (κ1) is 19.9. The number of thiophene rings is 1. The molecule has 1 amide bonds. The monoisotopic (exact) mass is 463 g/mol. The van der Waals surface area contributed by atoms with E-state index >= 15 is 0 Å². The van der Waals surface area contributed by atoms with E-state index in [1.165, 1.54) is 23.1 Å². The largest absolute Gasteiger partial charge is 0.325 e. The Balaban J connectivity index is 1.85. The Morgan fingerprint density at radius 1 is 1.44 bits per heavy atom. The van der Waals surface area contributed by atoms with Gasteiger partial charge in [0.25, 0.3) is 5.56 Å². The van der Waals surface area contributed by atoms with Crippen LogP contribution in [0.3, 0.4) is 0 Å². The minimum atomic E-state index is -0.156. The smallest absolute Gasteiger partial charge is 0.263 e. The highest BCUT2D eigenvalue weighted by atomic mass is 79.9. The van der Waals surface area contributed by atoms with Crippen molar-refractivity contribution in [1.82, 2.24) is 9.55 Å². The van der Waals surface area contributed by atoms with E-state index in [2.05, 4.69) is 32.8 Å². The van der Waals surface area contributed by atoms with Crippen molar-refractivity contribution >= 4 is 60.8 Å². The summed E-state index contributed by atoms with van der Waals surface area (Å²) in [6.07, 6.45) is 1.66. The molecule has 3 aromatic rings. The molecule has 1 aromatic carbocycles. The van der Waals surface area contributed by atoms with Crippen molar-refractivity contribution in [1.29, 1.82) is 0 Å². The van der Waals surface area contributed by atoms with Crippen LogP contribution in [0.4, 0.5) is 5.69 Å². The molecule has 0 fully saturated rings. The molecular formula is C19H18BrN3O2S2. The SMILES string of the molecule is C=CCn1c(SCC(=O)Nc2cccc(Br)c2)nc2sc(C)c(C)c2c1=O. The van der Waals surface area contributed by atoms with Crippen LogP contribution in [0.5, 0.6) is 0 Å². The van der Waals surface area contributed by atoms with Gasteiger partial charge in [0.1, 0.15) is 4.83 Å². The maximum absolute atomic E-state index is 12.9. The van der Waals surface area contributed by atoms with E-state index < -0.39 is 0 Å². The quantitative estimate of drug-likeness (QED) is 0.325. The number of anilines is 1. The van der Waals surface area contributed by atoms with E-state index in [0.717, 1.165) is 14.9 Å². The van der Waals surface area contributed by atoms with Crippen LogP contribution in [-0.2, 0) is 11.3 Å². The van der Waals surface area contributed by atoms with Crippen LogP contribution >= 0.6 is 39.0 Å². The molecule has 0 spiro atoms. The Morgan fingerprint density at radius 2 is 2.22 bits per heavy atom. The van der Waals surface area contributed by atoms with Gasteiger partial charge in [0.05, 0.1) is 11.1 Å². The molecule has 27 heavy (non-hydrogen) atoms. The average molecular weight is 464 g/mol. The van der Waals surface area contributed by atoms with Crippen molar-refractivity contribution < 1.29 is 4.79 Å². The number of nitrogens with one attached hydrogen (secondary N) is 1. The molecule has 0 unspecified atom stereocenters. The fourth-order valence-electron chi connectivity index (χ4n) is 2.60. The number of rotatable bonds is 6. The third-order valence-electron chi connectivity index (χ3n) is 4.01. The molecule has 8 heteroatoms. The standard InChI is InChI=1S/C19H18BrN3O2S2/c1-4-8-23-18(25)16-11(2)12(3)27-17(16)22-19(23)26-10-15(24)21-14-7-5-6-13(20)9-14/h4-7,9H,1,8,10H2,2-3H3,(H,21,24). The van der Waals surface area contributed by atoms with E-state index in [0.29, 0.717) is 27.6 Å². The molecule has 0 aliphatic carbocycles. The number of aryl methyl sites for hydroxylation is 2. The van der Waals surface area contributed by atoms with Crippen molar-refractivity contribution in [2.75, 3.05) is 11.1 Å². The van der Waals surface area contributed by atoms with Crippen LogP contribution < -0.4 is 10.9 Å². The number of hydrogen-bond acceptors (Lipinski definition) is 5. The zero-order chi connectivity index (χ0) is 19.6. The van der Waals surface area contributed by atoms with Gasteiger partial charge in [0.15, 0.2) is 5.16 Å². The van der Waals surface area contributed by atoms with Crippen LogP contribution in [-0.4, -0.2) is 21.2 Å². The van der Waals surface area contributed by atoms with Crippen LogP contribution in [0.15, 0.2) is 51.3 Å². The van der Waals surface area contributed by atoms with Gasteiger partial charge < -0.3 is 5.32 Å². The van der Waals surface area contributed by atoms with E-state index in [-0.39, 0.29) is 17.2 Å². The number of benzene rings is 1. The fraction of sp³-hybridized carbons (Fsp3) is 0.211. The van der Waals surface area contributed by atoms with Gasteiger partial charge in [-0.05, 0) is 37.6 Å². The minimum absolute atomic E-state index is 0.0864. The molecule has 2 aromatic heterocycles. The second-order valence-corrected chi connectivity index (χ2v) is 8.97. The minimum Gasteiger partial charge on any atom is -0.325 e. The molecule has 0 aliphatic heterocycles. The average Bonchev–Trinajstić information content (AvgIpc) is 2.90. The first-order chi connectivity index (χ1) is 12.9. The van der Waals surface area contributed by atoms with Crippen LogP contribution in [0.25, 0.3) is 10.2 Å². The van der Waals surface area contributed by atoms with E-state index in [9.17, 15) is 9.59 Å². The number of fused-ring (bicyclic) bond motifs is 1. The van der Waals surface area contributed by atoms with Crippen LogP contribution in [0.1, 0.15) is 10.4 Å². The zero-order valence-corrected chi connectivity index (χ0v) is 18.1. The molecule has 0 radical (unpaired) electrons. The lowest BCUT2D eigenvalue weighted by Gasteiger charge is -2.10. The maximum Gasteiger partial charge on any atom is 0.263 e. The van der Waals surface area contributed by atoms with Crippen LogP contribution in [0.2, 0.25) is 0 Å². The highest BCUT2D eigenvalue weighted by Gasteiger charge is 2.17. The Morgan fingerprint density at radius 3 is 2.93 bits per heavy atom. The number of nitrogens with zero attached hydrogens (tertiary/aromatic N) is 2. The van der Waals surface area contributed by atoms with Gasteiger partial charge in [-0.2, -0.15) is 0 Å². The van der Waals surface area contributed by atoms with E-state index in [1.54, 1.807) is 10.6 Å². The highest BCUT2D eigenvalue weighted by molar-refractivity contribution is 9.10. The number of carbonyl (C=O) groups is 1. The topological polar surface area (TPSA) is 64.0 Å². The van der Waals surface area contributed by atoms with Gasteiger partial charge in [0, 0.05) is 21.6 Å². The molecule has 140 valence electrons. The van der Waals surface area contributed by atoms with E-state index in [1.807, 2.05) is 38.1 Å². The molecular weight excluding hydrogens is 446 g/mol. The molecule has 3 rings (SSSR count). The van der Waals surface area contributed by atoms with Gasteiger partial charge in [-0.1, -0.05) is 39.8 Å². The summed E-state index contributed by atoms with van der Waals surface area (Å²) in [5.41, 5.74) is 1.59. The fourth-order valence-corrected chi connectivity index (χ4v) is 4.88. The number of aromatic nitrogens is 2. The van der Waals surface area contributed by atoms with Gasteiger partial charge >= 0.3 is 0 Å². The van der Waals surface area contributed by atoms with E-state index in [4.69, 9.17) is 0 Å². The lowest BCUT2D eigenvalue weighted by Crippen LogP contribution is -2.23. The molecule has 0 bridgehead atoms. The summed E-state index contributed by atoms with van der Waals surface area (Å²) in [5, 5.41) is 4.03. The number of amides is 1. The van der Waals surface area contributed by atoms with Crippen molar-refractivity contribution in [2.45, 2.75) is 25.5 Å². The number of carbonyl (C=O) groups excluding carboxylic acids is 1. The van der Waals surface area contributed by atoms with Gasteiger partial charge in [-0.3, -0.25) is 14.2 Å². The molecule has 0 atom stereocenters. The van der Waals surface area contributed by atoms with Gasteiger partial charge in [-0.25, -0.2) is 4.98 Å². The first-order valence-electron chi connectivity index (χ1n) is 8.20.